The monoisotopic (exact) mass is 621 g/mol. The Hall–Kier alpha value is -5.38. The number of carbonyl (C=O) groups is 1. The number of nitrogens with zero attached hydrogens (tertiary/aromatic N) is 3. The van der Waals surface area contributed by atoms with Gasteiger partial charge >= 0.3 is 5.97 Å². The third-order valence-corrected chi connectivity index (χ3v) is 7.75. The lowest BCUT2D eigenvalue weighted by atomic mass is 10.0. The fraction of sp³-hybridized carbons (Fsp3) is 0.278. The molecule has 46 heavy (non-hydrogen) atoms. The molecular formula is C36H43N7O3. The van der Waals surface area contributed by atoms with Crippen molar-refractivity contribution in [2.75, 3.05) is 37.7 Å². The number of aliphatic imine (C=N–C) groups is 1. The van der Waals surface area contributed by atoms with E-state index < -0.39 is 5.97 Å². The second-order valence-corrected chi connectivity index (χ2v) is 11.1. The first-order valence-electron chi connectivity index (χ1n) is 15.4. The molecular weight excluding hydrogens is 578 g/mol. The lowest BCUT2D eigenvalue weighted by molar-refractivity contribution is 0.0524. The smallest absolute Gasteiger partial charge is 0.344 e. The highest BCUT2D eigenvalue weighted by atomic mass is 16.5. The zero-order chi connectivity index (χ0) is 33.1. The first-order valence-corrected chi connectivity index (χ1v) is 15.4. The van der Waals surface area contributed by atoms with Crippen molar-refractivity contribution >= 4 is 41.3 Å². The molecule has 0 amide bonds. The van der Waals surface area contributed by atoms with Crippen LogP contribution >= 0.6 is 0 Å². The predicted octanol–water partition coefficient (Wildman–Crippen LogP) is 5.25. The Bertz CT molecular complexity index is 1640. The number of phenolic OH excluding ortho intramolecular Hbond substituents is 1. The van der Waals surface area contributed by atoms with Crippen LogP contribution < -0.4 is 16.4 Å². The second-order valence-electron chi connectivity index (χ2n) is 11.1. The van der Waals surface area contributed by atoms with E-state index in [1.807, 2.05) is 78.6 Å². The average Bonchev–Trinajstić information content (AvgIpc) is 3.04. The zero-order valence-electron chi connectivity index (χ0n) is 26.4. The molecule has 1 heterocycles. The van der Waals surface area contributed by atoms with Crippen molar-refractivity contribution in [3.8, 4) is 5.75 Å². The van der Waals surface area contributed by atoms with Crippen molar-refractivity contribution in [1.82, 2.24) is 4.90 Å². The Morgan fingerprint density at radius 1 is 0.978 bits per heavy atom. The molecule has 1 aliphatic heterocycles. The molecule has 4 rings (SSSR count). The number of amidine groups is 3. The van der Waals surface area contributed by atoms with E-state index in [2.05, 4.69) is 4.90 Å². The molecule has 0 saturated carbocycles. The Morgan fingerprint density at radius 3 is 2.15 bits per heavy atom. The summed E-state index contributed by atoms with van der Waals surface area (Å²) in [6.45, 7) is 6.19. The Labute approximate surface area is 270 Å². The van der Waals surface area contributed by atoms with Crippen molar-refractivity contribution in [3.05, 3.63) is 107 Å². The molecule has 10 nitrogen and oxygen atoms in total. The molecule has 0 spiro atoms. The largest absolute Gasteiger partial charge is 0.507 e. The molecule has 1 aliphatic rings. The van der Waals surface area contributed by atoms with Gasteiger partial charge in [-0.25, -0.2) is 4.79 Å². The van der Waals surface area contributed by atoms with Crippen molar-refractivity contribution in [2.45, 2.75) is 32.7 Å². The summed E-state index contributed by atoms with van der Waals surface area (Å²) in [5.41, 5.74) is 16.0. The molecule has 0 aliphatic carbocycles. The van der Waals surface area contributed by atoms with Gasteiger partial charge < -0.3 is 31.1 Å². The lowest BCUT2D eigenvalue weighted by Gasteiger charge is -2.31. The number of esters is 1. The first kappa shape index (κ1) is 33.5. The molecule has 0 bridgehead atoms. The number of nitrogens with two attached hydrogens (primary N) is 2. The van der Waals surface area contributed by atoms with Gasteiger partial charge in [0.25, 0.3) is 0 Å². The van der Waals surface area contributed by atoms with E-state index in [-0.39, 0.29) is 29.8 Å². The van der Waals surface area contributed by atoms with Crippen molar-refractivity contribution in [3.63, 3.8) is 0 Å². The number of carbonyl (C=O) groups excluding carboxylic acids is 1. The number of hydrogen-bond acceptors (Lipinski definition) is 7. The molecule has 1 saturated heterocycles. The average molecular weight is 622 g/mol. The van der Waals surface area contributed by atoms with E-state index in [1.165, 1.54) is 6.07 Å². The molecule has 240 valence electrons. The van der Waals surface area contributed by atoms with Crippen LogP contribution in [0, 0.1) is 10.8 Å². The maximum atomic E-state index is 12.9. The topological polar surface area (TPSA) is 165 Å². The Kier molecular flexibility index (Phi) is 11.7. The van der Waals surface area contributed by atoms with Crippen LogP contribution in [0.15, 0.2) is 83.9 Å². The van der Waals surface area contributed by atoms with Gasteiger partial charge in [0.05, 0.1) is 24.2 Å². The maximum Gasteiger partial charge on any atom is 0.344 e. The third kappa shape index (κ3) is 9.07. The van der Waals surface area contributed by atoms with Crippen LogP contribution in [-0.4, -0.2) is 72.3 Å². The molecule has 0 atom stereocenters. The number of ether oxygens (including phenoxy) is 1. The van der Waals surface area contributed by atoms with Crippen LogP contribution in [0.4, 0.5) is 5.69 Å². The minimum atomic E-state index is -0.594. The number of aromatic hydroxyl groups is 1. The minimum absolute atomic E-state index is 0.00240. The fourth-order valence-electron chi connectivity index (χ4n) is 5.32. The van der Waals surface area contributed by atoms with Gasteiger partial charge in [-0.1, -0.05) is 66.8 Å². The molecule has 0 radical (unpaired) electrons. The molecule has 3 aromatic carbocycles. The molecule has 1 fully saturated rings. The summed E-state index contributed by atoms with van der Waals surface area (Å²) in [6, 6.07) is 20.4. The van der Waals surface area contributed by atoms with Crippen molar-refractivity contribution < 1.29 is 14.6 Å². The quantitative estimate of drug-likeness (QED) is 0.105. The van der Waals surface area contributed by atoms with Crippen molar-refractivity contribution in [2.24, 2.45) is 16.5 Å². The van der Waals surface area contributed by atoms with Crippen LogP contribution in [-0.2, 0) is 4.74 Å². The number of hydrogen-bond donors (Lipinski definition) is 5. The van der Waals surface area contributed by atoms with Gasteiger partial charge in [-0.15, -0.1) is 0 Å². The molecule has 10 heteroatoms. The third-order valence-electron chi connectivity index (χ3n) is 7.75. The fourth-order valence-corrected chi connectivity index (χ4v) is 5.32. The van der Waals surface area contributed by atoms with Gasteiger partial charge in [0.15, 0.2) is 0 Å². The number of rotatable bonds is 12. The summed E-state index contributed by atoms with van der Waals surface area (Å²) in [6.07, 6.45) is 9.60. The van der Waals surface area contributed by atoms with E-state index in [0.29, 0.717) is 36.0 Å². The van der Waals surface area contributed by atoms with Gasteiger partial charge in [0.1, 0.15) is 23.0 Å². The summed E-state index contributed by atoms with van der Waals surface area (Å²) < 4.78 is 5.26. The molecule has 0 aromatic heterocycles. The normalized spacial score (nSPS) is 14.1. The number of phenols is 1. The second kappa shape index (κ2) is 16.1. The summed E-state index contributed by atoms with van der Waals surface area (Å²) >= 11 is 0. The maximum absolute atomic E-state index is 12.9. The highest BCUT2D eigenvalue weighted by molar-refractivity contribution is 5.99. The van der Waals surface area contributed by atoms with Crippen LogP contribution in [0.25, 0.3) is 12.2 Å². The van der Waals surface area contributed by atoms with Crippen LogP contribution in [0.1, 0.15) is 59.3 Å². The number of benzene rings is 3. The number of anilines is 1. The molecule has 0 unspecified atom stereocenters. The lowest BCUT2D eigenvalue weighted by Crippen LogP contribution is -2.38. The van der Waals surface area contributed by atoms with Gasteiger partial charge in [-0.05, 0) is 62.1 Å². The number of nitrogen functional groups attached to an aromatic ring is 1. The van der Waals surface area contributed by atoms with E-state index >= 15 is 0 Å². The minimum Gasteiger partial charge on any atom is -0.507 e. The van der Waals surface area contributed by atoms with Gasteiger partial charge in [-0.2, -0.15) is 0 Å². The van der Waals surface area contributed by atoms with Gasteiger partial charge in [0, 0.05) is 37.3 Å². The standard InChI is InChI=1S/C36H43N7O3/c1-3-46-36(45)33-31(15-6-16-32(33)44)43(19-7-11-26-9-4-13-28(23-26)34(38)39)20-8-12-27-10-5-14-29(24-27)35(40)41-30-17-21-42(22-18-30)25(2)37/h4-16,23-24,30,37,44H,3,17-22H2,1-2H3,(H3,38,39)(H2,40,41)/b11-7+,12-8+,37-25?. The predicted molar refractivity (Wildman–Crippen MR) is 187 cm³/mol. The van der Waals surface area contributed by atoms with Crippen molar-refractivity contribution in [1.29, 1.82) is 10.8 Å². The number of nitrogens with one attached hydrogen (secondary N) is 2. The summed E-state index contributed by atoms with van der Waals surface area (Å²) in [5, 5.41) is 26.2. The van der Waals surface area contributed by atoms with Gasteiger partial charge in [0.2, 0.25) is 0 Å². The summed E-state index contributed by atoms with van der Waals surface area (Å²) in [7, 11) is 0. The zero-order valence-corrected chi connectivity index (χ0v) is 26.4. The summed E-state index contributed by atoms with van der Waals surface area (Å²) in [5.74, 6) is 0.343. The SMILES string of the molecule is CCOC(=O)c1c(O)cccc1N(C/C=C/c1cccc(C(=N)N)c1)C/C=C/c1cccc(C(N)=NC2CCN(C(C)=N)CC2)c1. The Morgan fingerprint density at radius 2 is 1.57 bits per heavy atom. The summed E-state index contributed by atoms with van der Waals surface area (Å²) in [4.78, 5) is 21.7. The first-order chi connectivity index (χ1) is 22.2. The molecule has 3 aromatic rings. The van der Waals surface area contributed by atoms with Crippen LogP contribution in [0.2, 0.25) is 0 Å². The van der Waals surface area contributed by atoms with E-state index in [1.54, 1.807) is 25.1 Å². The highest BCUT2D eigenvalue weighted by Gasteiger charge is 2.21. The molecule has 7 N–H and O–H groups in total. The van der Waals surface area contributed by atoms with E-state index in [0.717, 1.165) is 42.6 Å². The van der Waals surface area contributed by atoms with Crippen LogP contribution in [0.3, 0.4) is 0 Å². The van der Waals surface area contributed by atoms with E-state index in [9.17, 15) is 9.90 Å². The van der Waals surface area contributed by atoms with Crippen LogP contribution in [0.5, 0.6) is 5.75 Å². The Balaban J connectivity index is 1.54. The highest BCUT2D eigenvalue weighted by Crippen LogP contribution is 2.30. The van der Waals surface area contributed by atoms with Gasteiger partial charge in [-0.3, -0.25) is 15.8 Å². The number of likely N-dealkylation sites (tertiary alicyclic amines) is 1. The number of piperidine rings is 1. The van der Waals surface area contributed by atoms with E-state index in [4.69, 9.17) is 32.0 Å².